The van der Waals surface area contributed by atoms with Gasteiger partial charge >= 0.3 is 6.18 Å². The Morgan fingerprint density at radius 1 is 0.968 bits per heavy atom. The van der Waals surface area contributed by atoms with Gasteiger partial charge in [-0.05, 0) is 42.2 Å². The van der Waals surface area contributed by atoms with Crippen molar-refractivity contribution in [2.75, 3.05) is 13.1 Å². The van der Waals surface area contributed by atoms with Crippen LogP contribution in [0.25, 0.3) is 0 Å². The summed E-state index contributed by atoms with van der Waals surface area (Å²) in [7, 11) is 0. The summed E-state index contributed by atoms with van der Waals surface area (Å²) in [5.74, 6) is 0.678. The fourth-order valence-corrected chi connectivity index (χ4v) is 3.04. The van der Waals surface area contributed by atoms with Crippen LogP contribution in [0, 0.1) is 0 Å². The summed E-state index contributed by atoms with van der Waals surface area (Å²) in [6.07, 6.45) is 1.77. The molecule has 0 aliphatic carbocycles. The van der Waals surface area contributed by atoms with Gasteiger partial charge in [0.2, 0.25) is 0 Å². The number of benzene rings is 2. The lowest BCUT2D eigenvalue weighted by atomic mass is 10.1. The lowest BCUT2D eigenvalue weighted by molar-refractivity contribution is -0.137. The summed E-state index contributed by atoms with van der Waals surface area (Å²) < 4.78 is 40.0. The zero-order valence-electron chi connectivity index (χ0n) is 17.4. The average Bonchev–Trinajstić information content (AvgIpc) is 3.26. The van der Waals surface area contributed by atoms with E-state index < -0.39 is 11.7 Å². The molecule has 0 fully saturated rings. The zero-order valence-corrected chi connectivity index (χ0v) is 17.4. The standard InChI is InChI=1S/C23H26F3N5/c1-2-28-22(29-12-11-18-7-9-21(10-8-18)23(24,25)26)30-15-19-3-5-20(6-4-19)16-31-14-13-27-17-31/h3-10,13-14,17H,2,11-12,15-16H2,1H3,(H2,28,29,30). The average molecular weight is 429 g/mol. The summed E-state index contributed by atoms with van der Waals surface area (Å²) in [6.45, 7) is 4.58. The van der Waals surface area contributed by atoms with Crippen molar-refractivity contribution < 1.29 is 13.2 Å². The van der Waals surface area contributed by atoms with E-state index >= 15 is 0 Å². The Morgan fingerprint density at radius 3 is 2.26 bits per heavy atom. The minimum atomic E-state index is -4.31. The number of rotatable bonds is 8. The van der Waals surface area contributed by atoms with Crippen LogP contribution >= 0.6 is 0 Å². The van der Waals surface area contributed by atoms with Crippen LogP contribution in [0.3, 0.4) is 0 Å². The Bertz CT molecular complexity index is 946. The first kappa shape index (κ1) is 22.4. The number of hydrogen-bond acceptors (Lipinski definition) is 2. The van der Waals surface area contributed by atoms with Gasteiger partial charge in [0.15, 0.2) is 5.96 Å². The zero-order chi connectivity index (χ0) is 22.1. The van der Waals surface area contributed by atoms with Gasteiger partial charge in [-0.2, -0.15) is 13.2 Å². The van der Waals surface area contributed by atoms with Crippen molar-refractivity contribution in [3.8, 4) is 0 Å². The van der Waals surface area contributed by atoms with Crippen LogP contribution in [-0.2, 0) is 25.7 Å². The molecule has 0 bridgehead atoms. The van der Waals surface area contributed by atoms with Gasteiger partial charge in [0, 0.05) is 32.0 Å². The van der Waals surface area contributed by atoms with E-state index in [4.69, 9.17) is 0 Å². The molecule has 5 nitrogen and oxygen atoms in total. The van der Waals surface area contributed by atoms with Crippen LogP contribution in [0.1, 0.15) is 29.2 Å². The highest BCUT2D eigenvalue weighted by Gasteiger charge is 2.29. The first-order valence-electron chi connectivity index (χ1n) is 10.2. The van der Waals surface area contributed by atoms with Crippen LogP contribution in [-0.4, -0.2) is 28.6 Å². The van der Waals surface area contributed by atoms with Gasteiger partial charge in [-0.3, -0.25) is 0 Å². The molecule has 0 amide bonds. The summed E-state index contributed by atoms with van der Waals surface area (Å²) in [4.78, 5) is 8.64. The molecule has 8 heteroatoms. The first-order chi connectivity index (χ1) is 14.9. The van der Waals surface area contributed by atoms with Crippen LogP contribution in [0.2, 0.25) is 0 Å². The molecule has 0 saturated heterocycles. The van der Waals surface area contributed by atoms with Gasteiger partial charge in [-0.25, -0.2) is 9.98 Å². The molecule has 2 N–H and O–H groups in total. The van der Waals surface area contributed by atoms with Gasteiger partial charge in [0.25, 0.3) is 0 Å². The van der Waals surface area contributed by atoms with Crippen molar-refractivity contribution in [2.45, 2.75) is 32.6 Å². The second kappa shape index (κ2) is 10.7. The molecule has 0 atom stereocenters. The van der Waals surface area contributed by atoms with Crippen molar-refractivity contribution in [3.63, 3.8) is 0 Å². The third-order valence-corrected chi connectivity index (χ3v) is 4.70. The van der Waals surface area contributed by atoms with Gasteiger partial charge in [0.1, 0.15) is 0 Å². The number of aliphatic imine (C=N–C) groups is 1. The van der Waals surface area contributed by atoms with Crippen molar-refractivity contribution in [1.29, 1.82) is 0 Å². The molecule has 0 radical (unpaired) electrons. The molecule has 0 aliphatic heterocycles. The van der Waals surface area contributed by atoms with Crippen molar-refractivity contribution in [1.82, 2.24) is 20.2 Å². The Morgan fingerprint density at radius 2 is 1.65 bits per heavy atom. The highest BCUT2D eigenvalue weighted by Crippen LogP contribution is 2.29. The second-order valence-corrected chi connectivity index (χ2v) is 7.12. The number of nitrogens with zero attached hydrogens (tertiary/aromatic N) is 3. The number of nitrogens with one attached hydrogen (secondary N) is 2. The molecule has 0 spiro atoms. The number of alkyl halides is 3. The van der Waals surface area contributed by atoms with E-state index in [2.05, 4.69) is 44.9 Å². The number of hydrogen-bond donors (Lipinski definition) is 2. The van der Waals surface area contributed by atoms with Gasteiger partial charge in [-0.1, -0.05) is 36.4 Å². The third-order valence-electron chi connectivity index (χ3n) is 4.70. The maximum atomic E-state index is 12.7. The highest BCUT2D eigenvalue weighted by molar-refractivity contribution is 5.79. The summed E-state index contributed by atoms with van der Waals surface area (Å²) in [5, 5.41) is 6.42. The van der Waals surface area contributed by atoms with E-state index in [0.29, 0.717) is 25.5 Å². The number of aromatic nitrogens is 2. The Hall–Kier alpha value is -3.29. The lowest BCUT2D eigenvalue weighted by Crippen LogP contribution is -2.38. The molecule has 3 rings (SSSR count). The van der Waals surface area contributed by atoms with Gasteiger partial charge in [0.05, 0.1) is 18.4 Å². The largest absolute Gasteiger partial charge is 0.416 e. The quantitative estimate of drug-likeness (QED) is 0.416. The van der Waals surface area contributed by atoms with Crippen LogP contribution < -0.4 is 10.6 Å². The van der Waals surface area contributed by atoms with E-state index in [1.807, 2.05) is 17.7 Å². The molecule has 3 aromatic rings. The Kier molecular flexibility index (Phi) is 7.70. The van der Waals surface area contributed by atoms with Crippen LogP contribution in [0.15, 0.2) is 72.2 Å². The molecule has 1 aromatic heterocycles. The molecule has 0 aliphatic rings. The van der Waals surface area contributed by atoms with E-state index in [1.165, 1.54) is 17.7 Å². The Balaban J connectivity index is 1.50. The molecule has 1 heterocycles. The molecular formula is C23H26F3N5. The van der Waals surface area contributed by atoms with Crippen molar-refractivity contribution in [2.24, 2.45) is 4.99 Å². The summed E-state index contributed by atoms with van der Waals surface area (Å²) >= 11 is 0. The molecule has 164 valence electrons. The maximum absolute atomic E-state index is 12.7. The van der Waals surface area contributed by atoms with Gasteiger partial charge < -0.3 is 15.2 Å². The van der Waals surface area contributed by atoms with Crippen molar-refractivity contribution in [3.05, 3.63) is 89.5 Å². The van der Waals surface area contributed by atoms with E-state index in [-0.39, 0.29) is 0 Å². The molecule has 31 heavy (non-hydrogen) atoms. The molecule has 0 saturated carbocycles. The van der Waals surface area contributed by atoms with E-state index in [1.54, 1.807) is 12.5 Å². The van der Waals surface area contributed by atoms with E-state index in [9.17, 15) is 13.2 Å². The number of halogens is 3. The second-order valence-electron chi connectivity index (χ2n) is 7.12. The monoisotopic (exact) mass is 429 g/mol. The number of guanidine groups is 1. The predicted molar refractivity (Wildman–Crippen MR) is 116 cm³/mol. The molecular weight excluding hydrogens is 403 g/mol. The smallest absolute Gasteiger partial charge is 0.357 e. The highest BCUT2D eigenvalue weighted by atomic mass is 19.4. The molecule has 2 aromatic carbocycles. The minimum Gasteiger partial charge on any atom is -0.357 e. The third kappa shape index (κ3) is 7.16. The Labute approximate surface area is 180 Å². The van der Waals surface area contributed by atoms with Crippen molar-refractivity contribution >= 4 is 5.96 Å². The number of imidazole rings is 1. The fraction of sp³-hybridized carbons (Fsp3) is 0.304. The topological polar surface area (TPSA) is 54.2 Å². The van der Waals surface area contributed by atoms with E-state index in [0.717, 1.165) is 36.3 Å². The lowest BCUT2D eigenvalue weighted by Gasteiger charge is -2.12. The normalized spacial score (nSPS) is 12.1. The molecule has 0 unspecified atom stereocenters. The minimum absolute atomic E-state index is 0.529. The summed E-state index contributed by atoms with van der Waals surface area (Å²) in [5.41, 5.74) is 2.49. The summed E-state index contributed by atoms with van der Waals surface area (Å²) in [6, 6.07) is 13.5. The van der Waals surface area contributed by atoms with Gasteiger partial charge in [-0.15, -0.1) is 0 Å². The fourth-order valence-electron chi connectivity index (χ4n) is 3.04. The van der Waals surface area contributed by atoms with Crippen LogP contribution in [0.4, 0.5) is 13.2 Å². The predicted octanol–water partition coefficient (Wildman–Crippen LogP) is 4.25. The maximum Gasteiger partial charge on any atom is 0.416 e. The SMILES string of the molecule is CCNC(=NCc1ccc(Cn2ccnc2)cc1)NCCc1ccc(C(F)(F)F)cc1. The first-order valence-corrected chi connectivity index (χ1v) is 10.2. The van der Waals surface area contributed by atoms with Crippen LogP contribution in [0.5, 0.6) is 0 Å².